The van der Waals surface area contributed by atoms with Gasteiger partial charge in [-0.3, -0.25) is 4.79 Å². The quantitative estimate of drug-likeness (QED) is 0.442. The molecule has 0 amide bonds. The van der Waals surface area contributed by atoms with Crippen LogP contribution >= 0.6 is 11.8 Å². The van der Waals surface area contributed by atoms with Gasteiger partial charge in [0, 0.05) is 16.5 Å². The average Bonchev–Trinajstić information content (AvgIpc) is 2.98. The van der Waals surface area contributed by atoms with Crippen LogP contribution in [0.15, 0.2) is 53.7 Å². The van der Waals surface area contributed by atoms with Gasteiger partial charge in [-0.15, -0.1) is 10.2 Å². The third-order valence-corrected chi connectivity index (χ3v) is 5.01. The predicted octanol–water partition coefficient (Wildman–Crippen LogP) is 4.18. The zero-order valence-electron chi connectivity index (χ0n) is 13.9. The molecule has 0 bridgehead atoms. The number of aromatic nitrogens is 4. The van der Waals surface area contributed by atoms with E-state index < -0.39 is 0 Å². The van der Waals surface area contributed by atoms with E-state index in [1.165, 1.54) is 11.8 Å². The Hall–Kier alpha value is -2.73. The molecule has 0 spiro atoms. The van der Waals surface area contributed by atoms with Crippen molar-refractivity contribution in [3.8, 4) is 0 Å². The van der Waals surface area contributed by atoms with E-state index in [-0.39, 0.29) is 11.0 Å². The normalized spacial score (nSPS) is 12.6. The van der Waals surface area contributed by atoms with Crippen LogP contribution in [0.4, 0.5) is 0 Å². The summed E-state index contributed by atoms with van der Waals surface area (Å²) in [5.41, 5.74) is 4.29. The van der Waals surface area contributed by atoms with Crippen molar-refractivity contribution in [3.63, 3.8) is 0 Å². The van der Waals surface area contributed by atoms with E-state index in [1.807, 2.05) is 56.3 Å². The van der Waals surface area contributed by atoms with Gasteiger partial charge in [0.2, 0.25) is 5.16 Å². The first kappa shape index (κ1) is 15.8. The molecule has 25 heavy (non-hydrogen) atoms. The molecule has 0 aliphatic rings. The zero-order chi connectivity index (χ0) is 17.4. The SMILES string of the molecule is Cc1ccc2[nH]c3nc(SC(C)C(=O)c4ccccc4)nnc3c2c1. The molecule has 1 N–H and O–H groups in total. The summed E-state index contributed by atoms with van der Waals surface area (Å²) in [6.45, 7) is 3.91. The topological polar surface area (TPSA) is 71.5 Å². The smallest absolute Gasteiger partial charge is 0.211 e. The summed E-state index contributed by atoms with van der Waals surface area (Å²) in [7, 11) is 0. The number of thioether (sulfide) groups is 1. The van der Waals surface area contributed by atoms with Crippen molar-refractivity contribution >= 4 is 39.6 Å². The van der Waals surface area contributed by atoms with E-state index in [9.17, 15) is 4.79 Å². The van der Waals surface area contributed by atoms with Gasteiger partial charge in [-0.2, -0.15) is 0 Å². The van der Waals surface area contributed by atoms with Gasteiger partial charge in [-0.25, -0.2) is 4.98 Å². The first-order chi connectivity index (χ1) is 12.1. The number of hydrogen-bond donors (Lipinski definition) is 1. The highest BCUT2D eigenvalue weighted by molar-refractivity contribution is 8.00. The highest BCUT2D eigenvalue weighted by Crippen LogP contribution is 2.26. The van der Waals surface area contributed by atoms with Gasteiger partial charge in [0.15, 0.2) is 11.4 Å². The third-order valence-electron chi connectivity index (χ3n) is 4.06. The summed E-state index contributed by atoms with van der Waals surface area (Å²) in [6, 6.07) is 15.4. The third kappa shape index (κ3) is 3.00. The Morgan fingerprint density at radius 1 is 1.12 bits per heavy atom. The van der Waals surface area contributed by atoms with Crippen LogP contribution in [-0.4, -0.2) is 31.2 Å². The summed E-state index contributed by atoms with van der Waals surface area (Å²) in [4.78, 5) is 20.3. The van der Waals surface area contributed by atoms with Crippen LogP contribution in [0.5, 0.6) is 0 Å². The molecule has 6 heteroatoms. The van der Waals surface area contributed by atoms with Crippen LogP contribution in [0.2, 0.25) is 0 Å². The molecule has 0 saturated carbocycles. The Bertz CT molecular complexity index is 1070. The van der Waals surface area contributed by atoms with Gasteiger partial charge in [-0.1, -0.05) is 53.7 Å². The van der Waals surface area contributed by atoms with E-state index >= 15 is 0 Å². The van der Waals surface area contributed by atoms with Crippen LogP contribution in [0.3, 0.4) is 0 Å². The monoisotopic (exact) mass is 348 g/mol. The van der Waals surface area contributed by atoms with E-state index in [0.29, 0.717) is 16.4 Å². The van der Waals surface area contributed by atoms with Crippen LogP contribution in [0.25, 0.3) is 22.1 Å². The minimum Gasteiger partial charge on any atom is -0.338 e. The standard InChI is InChI=1S/C19H16N4OS/c1-11-8-9-15-14(10-11)16-18(20-15)21-19(23-22-16)25-12(2)17(24)13-6-4-3-5-7-13/h3-10,12H,1-2H3,(H,20,21,23). The molecule has 124 valence electrons. The second-order valence-corrected chi connectivity index (χ2v) is 7.26. The second kappa shape index (κ2) is 6.29. The maximum Gasteiger partial charge on any atom is 0.211 e. The van der Waals surface area contributed by atoms with Gasteiger partial charge < -0.3 is 4.98 Å². The zero-order valence-corrected chi connectivity index (χ0v) is 14.7. The van der Waals surface area contributed by atoms with Crippen molar-refractivity contribution in [2.24, 2.45) is 0 Å². The second-order valence-electron chi connectivity index (χ2n) is 5.96. The number of carbonyl (C=O) groups excluding carboxylic acids is 1. The fraction of sp³-hybridized carbons (Fsp3) is 0.158. The summed E-state index contributed by atoms with van der Waals surface area (Å²) in [6.07, 6.45) is 0. The molecule has 0 saturated heterocycles. The number of Topliss-reactive ketones (excluding diaryl/α,β-unsaturated/α-hetero) is 1. The number of benzene rings is 2. The van der Waals surface area contributed by atoms with Crippen molar-refractivity contribution in [1.29, 1.82) is 0 Å². The largest absolute Gasteiger partial charge is 0.338 e. The van der Waals surface area contributed by atoms with Crippen molar-refractivity contribution in [3.05, 3.63) is 59.7 Å². The molecule has 2 heterocycles. The number of aromatic amines is 1. The number of fused-ring (bicyclic) bond motifs is 3. The van der Waals surface area contributed by atoms with E-state index in [4.69, 9.17) is 0 Å². The molecule has 0 aliphatic carbocycles. The Morgan fingerprint density at radius 2 is 1.92 bits per heavy atom. The fourth-order valence-electron chi connectivity index (χ4n) is 2.77. The first-order valence-corrected chi connectivity index (χ1v) is 8.88. The summed E-state index contributed by atoms with van der Waals surface area (Å²) in [5, 5.41) is 9.75. The Balaban J connectivity index is 1.63. The minimum absolute atomic E-state index is 0.0570. The number of rotatable bonds is 4. The van der Waals surface area contributed by atoms with E-state index in [0.717, 1.165) is 22.0 Å². The molecule has 2 aromatic heterocycles. The summed E-state index contributed by atoms with van der Waals surface area (Å²) in [5.74, 6) is 0.0570. The molecule has 4 aromatic rings. The molecule has 2 aromatic carbocycles. The lowest BCUT2D eigenvalue weighted by atomic mass is 10.1. The fourth-order valence-corrected chi connectivity index (χ4v) is 3.56. The maximum atomic E-state index is 12.5. The molecule has 0 radical (unpaired) electrons. The lowest BCUT2D eigenvalue weighted by Gasteiger charge is -2.08. The van der Waals surface area contributed by atoms with Crippen molar-refractivity contribution in [2.75, 3.05) is 0 Å². The average molecular weight is 348 g/mol. The molecule has 0 aliphatic heterocycles. The minimum atomic E-state index is -0.284. The van der Waals surface area contributed by atoms with Crippen LogP contribution in [0, 0.1) is 6.92 Å². The molecule has 4 rings (SSSR count). The van der Waals surface area contributed by atoms with Gasteiger partial charge in [0.25, 0.3) is 0 Å². The molecule has 1 unspecified atom stereocenters. The number of hydrogen-bond acceptors (Lipinski definition) is 5. The lowest BCUT2D eigenvalue weighted by Crippen LogP contribution is -2.14. The van der Waals surface area contributed by atoms with Crippen molar-refractivity contribution < 1.29 is 4.79 Å². The highest BCUT2D eigenvalue weighted by Gasteiger charge is 2.19. The van der Waals surface area contributed by atoms with Gasteiger partial charge in [-0.05, 0) is 26.0 Å². The van der Waals surface area contributed by atoms with E-state index in [2.05, 4.69) is 26.2 Å². The van der Waals surface area contributed by atoms with Gasteiger partial charge in [0.05, 0.1) is 5.25 Å². The molecule has 0 fully saturated rings. The number of carbonyl (C=O) groups is 1. The van der Waals surface area contributed by atoms with Gasteiger partial charge in [0.1, 0.15) is 5.52 Å². The molecular formula is C19H16N4OS. The van der Waals surface area contributed by atoms with Crippen LogP contribution in [0.1, 0.15) is 22.8 Å². The number of ketones is 1. The van der Waals surface area contributed by atoms with Gasteiger partial charge >= 0.3 is 0 Å². The molecule has 5 nitrogen and oxygen atoms in total. The highest BCUT2D eigenvalue weighted by atomic mass is 32.2. The van der Waals surface area contributed by atoms with Crippen molar-refractivity contribution in [1.82, 2.24) is 20.2 Å². The molecule has 1 atom stereocenters. The lowest BCUT2D eigenvalue weighted by molar-refractivity contribution is 0.0994. The first-order valence-electron chi connectivity index (χ1n) is 8.00. The van der Waals surface area contributed by atoms with Crippen LogP contribution < -0.4 is 0 Å². The van der Waals surface area contributed by atoms with Crippen molar-refractivity contribution in [2.45, 2.75) is 24.3 Å². The predicted molar refractivity (Wildman–Crippen MR) is 100 cm³/mol. The Kier molecular flexibility index (Phi) is 3.97. The van der Waals surface area contributed by atoms with E-state index in [1.54, 1.807) is 0 Å². The maximum absolute atomic E-state index is 12.5. The Labute approximate surface area is 148 Å². The number of nitrogens with zero attached hydrogens (tertiary/aromatic N) is 3. The Morgan fingerprint density at radius 3 is 2.72 bits per heavy atom. The number of nitrogens with one attached hydrogen (secondary N) is 1. The summed E-state index contributed by atoms with van der Waals surface area (Å²) >= 11 is 1.32. The number of H-pyrrole nitrogens is 1. The molecular weight excluding hydrogens is 332 g/mol. The van der Waals surface area contributed by atoms with Crippen LogP contribution in [-0.2, 0) is 0 Å². The summed E-state index contributed by atoms with van der Waals surface area (Å²) < 4.78 is 0. The number of aryl methyl sites for hydroxylation is 1.